The SMILES string of the molecule is CCCCN(C(=O)c1cn(C)c(C)cc1=O)C1CCCC1. The standard InChI is InChI=1S/C17H26N2O2/c1-4-5-10-19(14-8-6-7-9-14)17(21)15-12-18(3)13(2)11-16(15)20/h11-12,14H,4-10H2,1-3H3. The van der Waals surface area contributed by atoms with E-state index in [2.05, 4.69) is 6.92 Å². The zero-order chi connectivity index (χ0) is 15.4. The molecule has 1 aromatic rings. The quantitative estimate of drug-likeness (QED) is 0.837. The van der Waals surface area contributed by atoms with E-state index in [1.807, 2.05) is 23.4 Å². The van der Waals surface area contributed by atoms with E-state index in [4.69, 9.17) is 0 Å². The molecule has 1 fully saturated rings. The van der Waals surface area contributed by atoms with Crippen LogP contribution in [-0.4, -0.2) is 28.0 Å². The molecule has 1 aliphatic carbocycles. The number of unbranched alkanes of at least 4 members (excludes halogenated alkanes) is 1. The molecule has 0 N–H and O–H groups in total. The molecule has 0 spiro atoms. The van der Waals surface area contributed by atoms with Gasteiger partial charge in [-0.05, 0) is 26.2 Å². The summed E-state index contributed by atoms with van der Waals surface area (Å²) in [4.78, 5) is 26.9. The van der Waals surface area contributed by atoms with E-state index in [0.717, 1.165) is 37.9 Å². The van der Waals surface area contributed by atoms with Gasteiger partial charge in [-0.15, -0.1) is 0 Å². The summed E-state index contributed by atoms with van der Waals surface area (Å²) in [6.45, 7) is 4.76. The highest BCUT2D eigenvalue weighted by atomic mass is 16.2. The van der Waals surface area contributed by atoms with Crippen LogP contribution in [0.2, 0.25) is 0 Å². The minimum atomic E-state index is -0.157. The van der Waals surface area contributed by atoms with E-state index in [-0.39, 0.29) is 11.3 Å². The molecule has 1 amide bonds. The average molecular weight is 290 g/mol. The molecule has 21 heavy (non-hydrogen) atoms. The van der Waals surface area contributed by atoms with Gasteiger partial charge in [0.1, 0.15) is 5.56 Å². The molecule has 1 aliphatic rings. The Hall–Kier alpha value is -1.58. The maximum Gasteiger partial charge on any atom is 0.259 e. The summed E-state index contributed by atoms with van der Waals surface area (Å²) < 4.78 is 1.85. The first-order valence-electron chi connectivity index (χ1n) is 8.02. The molecule has 0 bridgehead atoms. The van der Waals surface area contributed by atoms with Gasteiger partial charge in [-0.3, -0.25) is 9.59 Å². The minimum Gasteiger partial charge on any atom is -0.354 e. The summed E-state index contributed by atoms with van der Waals surface area (Å²) in [5.74, 6) is -0.0871. The topological polar surface area (TPSA) is 42.3 Å². The van der Waals surface area contributed by atoms with Crippen molar-refractivity contribution in [3.63, 3.8) is 0 Å². The van der Waals surface area contributed by atoms with Gasteiger partial charge in [0.05, 0.1) is 0 Å². The number of carbonyl (C=O) groups is 1. The second-order valence-electron chi connectivity index (χ2n) is 6.09. The fraction of sp³-hybridized carbons (Fsp3) is 0.647. The molecule has 0 saturated heterocycles. The Balaban J connectivity index is 2.28. The Kier molecular flexibility index (Phi) is 5.21. The summed E-state index contributed by atoms with van der Waals surface area (Å²) in [6, 6.07) is 1.87. The second-order valence-corrected chi connectivity index (χ2v) is 6.09. The zero-order valence-electron chi connectivity index (χ0n) is 13.4. The van der Waals surface area contributed by atoms with Crippen LogP contribution in [0.5, 0.6) is 0 Å². The summed E-state index contributed by atoms with van der Waals surface area (Å²) in [6.07, 6.45) is 8.26. The van der Waals surface area contributed by atoms with Crippen LogP contribution in [0.15, 0.2) is 17.1 Å². The number of aryl methyl sites for hydroxylation is 2. The summed E-state index contributed by atoms with van der Waals surface area (Å²) in [5, 5.41) is 0. The summed E-state index contributed by atoms with van der Waals surface area (Å²) in [5.41, 5.74) is 1.03. The van der Waals surface area contributed by atoms with Gasteiger partial charge in [-0.2, -0.15) is 0 Å². The highest BCUT2D eigenvalue weighted by Crippen LogP contribution is 2.25. The van der Waals surface area contributed by atoms with Crippen molar-refractivity contribution in [3.8, 4) is 0 Å². The van der Waals surface area contributed by atoms with Gasteiger partial charge in [0, 0.05) is 37.6 Å². The molecular formula is C17H26N2O2. The molecule has 1 saturated carbocycles. The van der Waals surface area contributed by atoms with Gasteiger partial charge in [-0.25, -0.2) is 0 Å². The lowest BCUT2D eigenvalue weighted by Gasteiger charge is -2.29. The van der Waals surface area contributed by atoms with Gasteiger partial charge in [0.2, 0.25) is 0 Å². The van der Waals surface area contributed by atoms with Crippen molar-refractivity contribution >= 4 is 5.91 Å². The third-order valence-electron chi connectivity index (χ3n) is 4.49. The Labute approximate surface area is 126 Å². The zero-order valence-corrected chi connectivity index (χ0v) is 13.4. The van der Waals surface area contributed by atoms with E-state index in [1.165, 1.54) is 12.8 Å². The van der Waals surface area contributed by atoms with Crippen LogP contribution in [0.1, 0.15) is 61.5 Å². The van der Waals surface area contributed by atoms with Crippen LogP contribution >= 0.6 is 0 Å². The van der Waals surface area contributed by atoms with Crippen molar-refractivity contribution in [2.45, 2.75) is 58.4 Å². The number of nitrogens with zero attached hydrogens (tertiary/aromatic N) is 2. The van der Waals surface area contributed by atoms with Crippen molar-refractivity contribution < 1.29 is 4.79 Å². The van der Waals surface area contributed by atoms with E-state index in [1.54, 1.807) is 12.3 Å². The van der Waals surface area contributed by atoms with Gasteiger partial charge >= 0.3 is 0 Å². The van der Waals surface area contributed by atoms with Crippen LogP contribution in [0.4, 0.5) is 0 Å². The first-order chi connectivity index (χ1) is 10.0. The lowest BCUT2D eigenvalue weighted by molar-refractivity contribution is 0.0676. The largest absolute Gasteiger partial charge is 0.354 e. The maximum absolute atomic E-state index is 12.8. The third kappa shape index (κ3) is 3.55. The number of pyridine rings is 1. The van der Waals surface area contributed by atoms with Crippen LogP contribution in [0.25, 0.3) is 0 Å². The lowest BCUT2D eigenvalue weighted by Crippen LogP contribution is -2.41. The van der Waals surface area contributed by atoms with Gasteiger partial charge in [0.25, 0.3) is 5.91 Å². The van der Waals surface area contributed by atoms with Gasteiger partial charge in [-0.1, -0.05) is 26.2 Å². The maximum atomic E-state index is 12.8. The Morgan fingerprint density at radius 2 is 2.05 bits per heavy atom. The van der Waals surface area contributed by atoms with E-state index < -0.39 is 0 Å². The molecule has 0 aliphatic heterocycles. The van der Waals surface area contributed by atoms with E-state index in [0.29, 0.717) is 11.6 Å². The monoisotopic (exact) mass is 290 g/mol. The van der Waals surface area contributed by atoms with Gasteiger partial charge < -0.3 is 9.47 Å². The number of hydrogen-bond donors (Lipinski definition) is 0. The Bertz CT molecular complexity index is 556. The average Bonchev–Trinajstić information content (AvgIpc) is 2.97. The van der Waals surface area contributed by atoms with E-state index in [9.17, 15) is 9.59 Å². The molecule has 4 nitrogen and oxygen atoms in total. The Morgan fingerprint density at radius 1 is 1.38 bits per heavy atom. The molecule has 0 aromatic carbocycles. The molecule has 1 aromatic heterocycles. The number of amides is 1. The van der Waals surface area contributed by atoms with Crippen LogP contribution in [0, 0.1) is 6.92 Å². The van der Waals surface area contributed by atoms with Crippen LogP contribution < -0.4 is 5.43 Å². The fourth-order valence-electron chi connectivity index (χ4n) is 3.04. The number of rotatable bonds is 5. The molecular weight excluding hydrogens is 264 g/mol. The molecule has 2 rings (SSSR count). The van der Waals surface area contributed by atoms with Crippen molar-refractivity contribution in [1.82, 2.24) is 9.47 Å². The van der Waals surface area contributed by atoms with E-state index >= 15 is 0 Å². The predicted molar refractivity (Wildman–Crippen MR) is 84.6 cm³/mol. The highest BCUT2D eigenvalue weighted by molar-refractivity contribution is 5.94. The smallest absolute Gasteiger partial charge is 0.259 e. The summed E-state index contributed by atoms with van der Waals surface area (Å²) in [7, 11) is 1.87. The third-order valence-corrected chi connectivity index (χ3v) is 4.49. The molecule has 116 valence electrons. The molecule has 4 heteroatoms. The van der Waals surface area contributed by atoms with Crippen molar-refractivity contribution in [1.29, 1.82) is 0 Å². The van der Waals surface area contributed by atoms with Crippen LogP contribution in [0.3, 0.4) is 0 Å². The van der Waals surface area contributed by atoms with Crippen molar-refractivity contribution in [2.75, 3.05) is 6.54 Å². The number of hydrogen-bond acceptors (Lipinski definition) is 2. The molecule has 0 radical (unpaired) electrons. The van der Waals surface area contributed by atoms with Crippen molar-refractivity contribution in [3.05, 3.63) is 33.7 Å². The van der Waals surface area contributed by atoms with Crippen LogP contribution in [-0.2, 0) is 7.05 Å². The molecule has 0 atom stereocenters. The normalized spacial score (nSPS) is 15.4. The molecule has 1 heterocycles. The van der Waals surface area contributed by atoms with Crippen molar-refractivity contribution in [2.24, 2.45) is 7.05 Å². The number of aromatic nitrogens is 1. The highest BCUT2D eigenvalue weighted by Gasteiger charge is 2.28. The number of carbonyl (C=O) groups excluding carboxylic acids is 1. The lowest BCUT2D eigenvalue weighted by atomic mass is 10.1. The molecule has 0 unspecified atom stereocenters. The second kappa shape index (κ2) is 6.92. The summed E-state index contributed by atoms with van der Waals surface area (Å²) >= 11 is 0. The van der Waals surface area contributed by atoms with Gasteiger partial charge in [0.15, 0.2) is 5.43 Å². The predicted octanol–water partition coefficient (Wildman–Crippen LogP) is 2.88. The first kappa shape index (κ1) is 15.8. The Morgan fingerprint density at radius 3 is 2.67 bits per heavy atom. The minimum absolute atomic E-state index is 0.0871. The first-order valence-corrected chi connectivity index (χ1v) is 8.02. The fourth-order valence-corrected chi connectivity index (χ4v) is 3.04.